The van der Waals surface area contributed by atoms with E-state index in [1.807, 2.05) is 31.4 Å². The summed E-state index contributed by atoms with van der Waals surface area (Å²) in [5, 5.41) is 8.15. The van der Waals surface area contributed by atoms with E-state index >= 15 is 0 Å². The van der Waals surface area contributed by atoms with Gasteiger partial charge in [-0.15, -0.1) is 11.3 Å². The number of carbonyl (C=O) groups is 2. The number of piperidine rings is 1. The van der Waals surface area contributed by atoms with Crippen molar-refractivity contribution in [1.82, 2.24) is 14.9 Å². The second-order valence-corrected chi connectivity index (χ2v) is 7.42. The molecular formula is C18H23N5O2S. The van der Waals surface area contributed by atoms with Crippen LogP contribution in [0.25, 0.3) is 0 Å². The van der Waals surface area contributed by atoms with Crippen LogP contribution in [-0.4, -0.2) is 45.8 Å². The molecule has 2 aromatic heterocycles. The fourth-order valence-electron chi connectivity index (χ4n) is 2.98. The zero-order valence-electron chi connectivity index (χ0n) is 14.9. The van der Waals surface area contributed by atoms with Gasteiger partial charge < -0.3 is 10.6 Å². The summed E-state index contributed by atoms with van der Waals surface area (Å²) in [4.78, 5) is 35.1. The van der Waals surface area contributed by atoms with Crippen molar-refractivity contribution < 1.29 is 9.59 Å². The molecule has 0 aliphatic carbocycles. The number of pyridine rings is 1. The molecule has 2 N–H and O–H groups in total. The Balaban J connectivity index is 1.47. The number of rotatable bonds is 5. The average Bonchev–Trinajstić information content (AvgIpc) is 3.16. The molecule has 0 aromatic carbocycles. The molecular weight excluding hydrogens is 350 g/mol. The zero-order valence-corrected chi connectivity index (χ0v) is 15.8. The van der Waals surface area contributed by atoms with Gasteiger partial charge in [0.15, 0.2) is 5.13 Å². The highest BCUT2D eigenvalue weighted by atomic mass is 32.1. The Morgan fingerprint density at radius 3 is 2.62 bits per heavy atom. The van der Waals surface area contributed by atoms with E-state index in [0.717, 1.165) is 18.4 Å². The van der Waals surface area contributed by atoms with Gasteiger partial charge in [-0.1, -0.05) is 6.07 Å². The molecule has 0 spiro atoms. The molecule has 8 heteroatoms. The van der Waals surface area contributed by atoms with Crippen LogP contribution in [0.2, 0.25) is 0 Å². The number of aryl methyl sites for hydroxylation is 1. The van der Waals surface area contributed by atoms with Gasteiger partial charge in [-0.05, 0) is 51.4 Å². The normalized spacial score (nSPS) is 16.8. The van der Waals surface area contributed by atoms with Gasteiger partial charge in [0.05, 0.1) is 6.04 Å². The summed E-state index contributed by atoms with van der Waals surface area (Å²) >= 11 is 1.40. The van der Waals surface area contributed by atoms with E-state index < -0.39 is 0 Å². The maximum Gasteiger partial charge on any atom is 0.243 e. The lowest BCUT2D eigenvalue weighted by molar-refractivity contribution is -0.123. The second-order valence-electron chi connectivity index (χ2n) is 6.52. The number of anilines is 2. The highest BCUT2D eigenvalue weighted by molar-refractivity contribution is 7.13. The van der Waals surface area contributed by atoms with Crippen LogP contribution in [0.15, 0.2) is 29.9 Å². The number of likely N-dealkylation sites (tertiary alicyclic amines) is 1. The number of nitrogens with one attached hydrogen (secondary N) is 2. The summed E-state index contributed by atoms with van der Waals surface area (Å²) in [5.41, 5.74) is 1.06. The van der Waals surface area contributed by atoms with E-state index in [2.05, 4.69) is 25.5 Å². The summed E-state index contributed by atoms with van der Waals surface area (Å²) in [6.45, 7) is 5.28. The first kappa shape index (κ1) is 18.5. The molecule has 1 aliphatic rings. The molecule has 0 bridgehead atoms. The number of amides is 2. The molecule has 2 amide bonds. The van der Waals surface area contributed by atoms with Gasteiger partial charge in [-0.25, -0.2) is 9.97 Å². The van der Waals surface area contributed by atoms with Crippen LogP contribution in [0.1, 0.15) is 25.3 Å². The third-order valence-corrected chi connectivity index (χ3v) is 5.34. The van der Waals surface area contributed by atoms with Crippen molar-refractivity contribution >= 4 is 34.1 Å². The molecule has 1 unspecified atom stereocenters. The van der Waals surface area contributed by atoms with E-state index in [-0.39, 0.29) is 23.8 Å². The molecule has 7 nitrogen and oxygen atoms in total. The van der Waals surface area contributed by atoms with Gasteiger partial charge in [0.1, 0.15) is 5.82 Å². The highest BCUT2D eigenvalue weighted by Crippen LogP contribution is 2.21. The first-order valence-corrected chi connectivity index (χ1v) is 9.59. The van der Waals surface area contributed by atoms with E-state index in [1.165, 1.54) is 11.3 Å². The van der Waals surface area contributed by atoms with Crippen molar-refractivity contribution in [3.05, 3.63) is 35.5 Å². The highest BCUT2D eigenvalue weighted by Gasteiger charge is 2.30. The Bertz CT molecular complexity index is 739. The predicted molar refractivity (Wildman–Crippen MR) is 102 cm³/mol. The summed E-state index contributed by atoms with van der Waals surface area (Å²) in [7, 11) is 0. The van der Waals surface area contributed by atoms with Gasteiger partial charge in [-0.3, -0.25) is 14.5 Å². The standard InChI is InChI=1S/C18H23N5O2S/c1-12-3-4-15(20-11-12)21-17(25)14-5-8-23(9-6-14)13(2)16(24)22-18-19-7-10-26-18/h3-4,7,10-11,13-14H,5-6,8-9H2,1-2H3,(H,19,22,24)(H,20,21,25). The van der Waals surface area contributed by atoms with Crippen molar-refractivity contribution in [3.8, 4) is 0 Å². The lowest BCUT2D eigenvalue weighted by Gasteiger charge is -2.34. The van der Waals surface area contributed by atoms with Crippen LogP contribution in [0.3, 0.4) is 0 Å². The predicted octanol–water partition coefficient (Wildman–Crippen LogP) is 2.52. The fourth-order valence-corrected chi connectivity index (χ4v) is 3.51. The smallest absolute Gasteiger partial charge is 0.243 e. The monoisotopic (exact) mass is 373 g/mol. The lowest BCUT2D eigenvalue weighted by atomic mass is 9.95. The van der Waals surface area contributed by atoms with Gasteiger partial charge >= 0.3 is 0 Å². The molecule has 138 valence electrons. The van der Waals surface area contributed by atoms with Gasteiger partial charge in [-0.2, -0.15) is 0 Å². The number of nitrogens with zero attached hydrogens (tertiary/aromatic N) is 3. The Morgan fingerprint density at radius 2 is 2.00 bits per heavy atom. The molecule has 0 radical (unpaired) electrons. The molecule has 26 heavy (non-hydrogen) atoms. The molecule has 3 rings (SSSR count). The van der Waals surface area contributed by atoms with Crippen LogP contribution < -0.4 is 10.6 Å². The lowest BCUT2D eigenvalue weighted by Crippen LogP contribution is -2.47. The van der Waals surface area contributed by atoms with Crippen molar-refractivity contribution in [1.29, 1.82) is 0 Å². The summed E-state index contributed by atoms with van der Waals surface area (Å²) in [6, 6.07) is 3.49. The van der Waals surface area contributed by atoms with Crippen LogP contribution in [0.5, 0.6) is 0 Å². The third-order valence-electron chi connectivity index (χ3n) is 4.65. The van der Waals surface area contributed by atoms with Crippen LogP contribution >= 0.6 is 11.3 Å². The van der Waals surface area contributed by atoms with E-state index in [9.17, 15) is 9.59 Å². The second kappa shape index (κ2) is 8.37. The number of hydrogen-bond donors (Lipinski definition) is 2. The summed E-state index contributed by atoms with van der Waals surface area (Å²) < 4.78 is 0. The first-order chi connectivity index (χ1) is 12.5. The molecule has 3 heterocycles. The minimum absolute atomic E-state index is 0.000827. The Kier molecular flexibility index (Phi) is 5.95. The minimum Gasteiger partial charge on any atom is -0.310 e. The number of thiazole rings is 1. The Morgan fingerprint density at radius 1 is 1.23 bits per heavy atom. The first-order valence-electron chi connectivity index (χ1n) is 8.71. The topological polar surface area (TPSA) is 87.2 Å². The molecule has 2 aromatic rings. The molecule has 1 atom stereocenters. The summed E-state index contributed by atoms with van der Waals surface area (Å²) in [6.07, 6.45) is 4.86. The molecule has 0 saturated carbocycles. The third kappa shape index (κ3) is 4.64. The van der Waals surface area contributed by atoms with E-state index in [1.54, 1.807) is 12.4 Å². The minimum atomic E-state index is -0.248. The maximum atomic E-state index is 12.4. The van der Waals surface area contributed by atoms with Crippen LogP contribution in [-0.2, 0) is 9.59 Å². The van der Waals surface area contributed by atoms with Crippen LogP contribution in [0, 0.1) is 12.8 Å². The molecule has 1 saturated heterocycles. The van der Waals surface area contributed by atoms with Crippen molar-refractivity contribution in [2.24, 2.45) is 5.92 Å². The number of carbonyl (C=O) groups excluding carboxylic acids is 2. The van der Waals surface area contributed by atoms with Gasteiger partial charge in [0.25, 0.3) is 0 Å². The Hall–Kier alpha value is -2.32. The van der Waals surface area contributed by atoms with Crippen molar-refractivity contribution in [3.63, 3.8) is 0 Å². The number of aromatic nitrogens is 2. The quantitative estimate of drug-likeness (QED) is 0.841. The van der Waals surface area contributed by atoms with E-state index in [0.29, 0.717) is 24.0 Å². The maximum absolute atomic E-state index is 12.4. The molecule has 1 aliphatic heterocycles. The van der Waals surface area contributed by atoms with Gasteiger partial charge in [0.2, 0.25) is 11.8 Å². The number of hydrogen-bond acceptors (Lipinski definition) is 6. The average molecular weight is 373 g/mol. The molecule has 1 fully saturated rings. The summed E-state index contributed by atoms with van der Waals surface area (Å²) in [5.74, 6) is 0.468. The SMILES string of the molecule is Cc1ccc(NC(=O)C2CCN(C(C)C(=O)Nc3nccs3)CC2)nc1. The fraction of sp³-hybridized carbons (Fsp3) is 0.444. The van der Waals surface area contributed by atoms with Gasteiger partial charge in [0, 0.05) is 23.7 Å². The van der Waals surface area contributed by atoms with E-state index in [4.69, 9.17) is 0 Å². The Labute approximate surface area is 156 Å². The van der Waals surface area contributed by atoms with Crippen molar-refractivity contribution in [2.75, 3.05) is 23.7 Å². The largest absolute Gasteiger partial charge is 0.310 e. The van der Waals surface area contributed by atoms with Crippen molar-refractivity contribution in [2.45, 2.75) is 32.7 Å². The van der Waals surface area contributed by atoms with Crippen LogP contribution in [0.4, 0.5) is 10.9 Å². The zero-order chi connectivity index (χ0) is 18.5.